The number of nitrogens with zero attached hydrogens (tertiary/aromatic N) is 4. The minimum atomic E-state index is -5.06. The van der Waals surface area contributed by atoms with E-state index >= 15 is 0 Å². The van der Waals surface area contributed by atoms with Crippen molar-refractivity contribution in [1.29, 1.82) is 0 Å². The molecule has 7 nitrogen and oxygen atoms in total. The molecule has 0 spiro atoms. The van der Waals surface area contributed by atoms with E-state index in [9.17, 15) is 35.9 Å². The van der Waals surface area contributed by atoms with Crippen LogP contribution in [0.2, 0.25) is 0 Å². The van der Waals surface area contributed by atoms with Crippen molar-refractivity contribution in [3.05, 3.63) is 129 Å². The summed E-state index contributed by atoms with van der Waals surface area (Å²) in [6, 6.07) is 18.2. The molecule has 13 heteroatoms. The number of hydrogen-bond donors (Lipinski definition) is 0. The van der Waals surface area contributed by atoms with Gasteiger partial charge in [-0.1, -0.05) is 60.2 Å². The second-order valence-corrected chi connectivity index (χ2v) is 13.8. The Balaban J connectivity index is 1.15. The molecule has 0 N–H and O–H groups in total. The molecule has 278 valence electrons. The van der Waals surface area contributed by atoms with Gasteiger partial charge in [-0.15, -0.1) is 0 Å². The van der Waals surface area contributed by atoms with Gasteiger partial charge in [0.15, 0.2) is 0 Å². The van der Waals surface area contributed by atoms with E-state index in [0.29, 0.717) is 56.7 Å². The lowest BCUT2D eigenvalue weighted by Gasteiger charge is -2.45. The summed E-state index contributed by atoms with van der Waals surface area (Å²) in [4.78, 5) is 35.0. The van der Waals surface area contributed by atoms with Crippen molar-refractivity contribution < 1.29 is 40.7 Å². The highest BCUT2D eigenvalue weighted by atomic mass is 19.4. The minimum absolute atomic E-state index is 0.0425. The summed E-state index contributed by atoms with van der Waals surface area (Å²) < 4.78 is 89.2. The van der Waals surface area contributed by atoms with E-state index in [1.807, 2.05) is 47.0 Å². The van der Waals surface area contributed by atoms with E-state index in [2.05, 4.69) is 17.0 Å². The number of aromatic nitrogens is 2. The van der Waals surface area contributed by atoms with Crippen LogP contribution < -0.4 is 0 Å². The molecule has 1 aromatic heterocycles. The predicted molar refractivity (Wildman–Crippen MR) is 185 cm³/mol. The number of likely N-dealkylation sites (tertiary alicyclic amines) is 2. The maximum Gasteiger partial charge on any atom is 0.416 e. The summed E-state index contributed by atoms with van der Waals surface area (Å²) in [5, 5.41) is 0. The zero-order valence-electron chi connectivity index (χ0n) is 29.0. The smallest absolute Gasteiger partial charge is 0.416 e. The van der Waals surface area contributed by atoms with Gasteiger partial charge >= 0.3 is 18.3 Å². The molecule has 0 radical (unpaired) electrons. The van der Waals surface area contributed by atoms with Crippen molar-refractivity contribution in [3.8, 4) is 0 Å². The average Bonchev–Trinajstić information content (AvgIpc) is 3.49. The van der Waals surface area contributed by atoms with Crippen LogP contribution >= 0.6 is 0 Å². The van der Waals surface area contributed by atoms with Gasteiger partial charge in [-0.05, 0) is 73.4 Å². The Morgan fingerprint density at radius 1 is 0.830 bits per heavy atom. The summed E-state index contributed by atoms with van der Waals surface area (Å²) >= 11 is 0. The largest absolute Gasteiger partial charge is 0.464 e. The van der Waals surface area contributed by atoms with E-state index in [1.165, 1.54) is 23.1 Å². The van der Waals surface area contributed by atoms with Crippen molar-refractivity contribution in [2.45, 2.75) is 69.5 Å². The van der Waals surface area contributed by atoms with Gasteiger partial charge in [-0.3, -0.25) is 9.69 Å². The molecule has 0 unspecified atom stereocenters. The van der Waals surface area contributed by atoms with Crippen LogP contribution in [0.4, 0.5) is 26.3 Å². The van der Waals surface area contributed by atoms with Crippen LogP contribution in [-0.2, 0) is 36.5 Å². The number of alkyl halides is 6. The van der Waals surface area contributed by atoms with Crippen LogP contribution in [0.25, 0.3) is 5.57 Å². The van der Waals surface area contributed by atoms with E-state index in [4.69, 9.17) is 9.72 Å². The average molecular weight is 737 g/mol. The number of esters is 1. The van der Waals surface area contributed by atoms with Gasteiger partial charge in [-0.25, -0.2) is 9.78 Å². The van der Waals surface area contributed by atoms with Gasteiger partial charge in [0.1, 0.15) is 11.5 Å². The number of methoxy groups -OCH3 is 1. The first-order chi connectivity index (χ1) is 25.3. The molecule has 2 saturated heterocycles. The van der Waals surface area contributed by atoms with Crippen LogP contribution in [-0.4, -0.2) is 70.1 Å². The van der Waals surface area contributed by atoms with Gasteiger partial charge in [0.2, 0.25) is 0 Å². The number of hydrogen-bond acceptors (Lipinski definition) is 5. The molecule has 4 aromatic rings. The normalized spacial score (nSPS) is 19.7. The van der Waals surface area contributed by atoms with Crippen LogP contribution in [0.5, 0.6) is 0 Å². The summed E-state index contributed by atoms with van der Waals surface area (Å²) in [6.45, 7) is 2.19. The Morgan fingerprint density at radius 2 is 1.49 bits per heavy atom. The number of rotatable bonds is 5. The maximum absolute atomic E-state index is 13.9. The third kappa shape index (κ3) is 7.49. The molecule has 53 heavy (non-hydrogen) atoms. The van der Waals surface area contributed by atoms with Crippen molar-refractivity contribution in [3.63, 3.8) is 0 Å². The molecule has 2 atom stereocenters. The molecule has 0 bridgehead atoms. The first-order valence-corrected chi connectivity index (χ1v) is 17.6. The van der Waals surface area contributed by atoms with Crippen molar-refractivity contribution >= 4 is 17.4 Å². The van der Waals surface area contributed by atoms with Crippen LogP contribution in [0.3, 0.4) is 0 Å². The number of carbonyl (C=O) groups is 2. The van der Waals surface area contributed by atoms with Crippen LogP contribution in [0.15, 0.2) is 84.6 Å². The summed E-state index contributed by atoms with van der Waals surface area (Å²) in [6.07, 6.45) is -4.93. The fourth-order valence-electron chi connectivity index (χ4n) is 8.11. The lowest BCUT2D eigenvalue weighted by molar-refractivity contribution is -0.143. The number of amides is 1. The highest BCUT2D eigenvalue weighted by Gasteiger charge is 2.40. The van der Waals surface area contributed by atoms with Crippen molar-refractivity contribution in [2.75, 3.05) is 26.7 Å². The third-order valence-corrected chi connectivity index (χ3v) is 10.7. The van der Waals surface area contributed by atoms with Crippen molar-refractivity contribution in [1.82, 2.24) is 19.4 Å². The lowest BCUT2D eigenvalue weighted by Crippen LogP contribution is -2.53. The Bertz CT molecular complexity index is 2000. The molecule has 0 saturated carbocycles. The second kappa shape index (κ2) is 14.5. The Morgan fingerprint density at radius 3 is 2.15 bits per heavy atom. The fraction of sp³-hybridized carbons (Fsp3) is 0.375. The standard InChI is InChI=1S/C40H38F6N4O3/c1-53-38(52)34-24-47-36-35(33-10-6-5-9-26(33)13-17-50(34)36)27-11-15-48(16-12-27)31-14-18-49(32(23-31)19-25-7-3-2-4-8-25)37(51)28-20-29(39(41,42)43)22-30(21-28)40(44,45)46/h2-10,20-22,24,31-32H,11-19,23H2,1H3/t31-,32-/m1/s1. The molecule has 3 aromatic carbocycles. The summed E-state index contributed by atoms with van der Waals surface area (Å²) in [5.41, 5.74) is 2.17. The predicted octanol–water partition coefficient (Wildman–Crippen LogP) is 8.08. The number of aryl methyl sites for hydroxylation is 1. The van der Waals surface area contributed by atoms with Crippen molar-refractivity contribution in [2.24, 2.45) is 0 Å². The number of benzene rings is 3. The highest BCUT2D eigenvalue weighted by molar-refractivity contribution is 5.95. The molecule has 0 aliphatic carbocycles. The molecule has 3 aliphatic heterocycles. The topological polar surface area (TPSA) is 67.7 Å². The third-order valence-electron chi connectivity index (χ3n) is 10.7. The number of halogens is 6. The quantitative estimate of drug-likeness (QED) is 0.153. The summed E-state index contributed by atoms with van der Waals surface area (Å²) in [5.74, 6) is -0.560. The van der Waals surface area contributed by atoms with Gasteiger partial charge in [0, 0.05) is 49.4 Å². The zero-order chi connectivity index (χ0) is 37.5. The van der Waals surface area contributed by atoms with Gasteiger partial charge < -0.3 is 14.2 Å². The SMILES string of the molecule is COC(=O)c1cnc2n1CCc1ccccc1C2=C1CCN([C@@H]2CCN(C(=O)c3cc(C(F)(F)F)cc(C(F)(F)F)c3)[C@H](Cc3ccccc3)C2)CC1. The molecular weight excluding hydrogens is 698 g/mol. The number of piperidine rings is 2. The second-order valence-electron chi connectivity index (χ2n) is 13.8. The molecule has 1 amide bonds. The number of ether oxygens (including phenoxy) is 1. The zero-order valence-corrected chi connectivity index (χ0v) is 29.0. The molecule has 7 rings (SSSR count). The molecule has 3 aliphatic rings. The Labute approximate surface area is 302 Å². The molecule has 2 fully saturated rings. The van der Waals surface area contributed by atoms with Gasteiger partial charge in [0.05, 0.1) is 24.4 Å². The first kappa shape index (κ1) is 36.4. The van der Waals surface area contributed by atoms with Gasteiger partial charge in [-0.2, -0.15) is 26.3 Å². The fourth-order valence-corrected chi connectivity index (χ4v) is 8.11. The Kier molecular flexibility index (Phi) is 9.96. The minimum Gasteiger partial charge on any atom is -0.464 e. The number of imidazole rings is 1. The molecular formula is C40H38F6N4O3. The van der Waals surface area contributed by atoms with E-state index in [-0.39, 0.29) is 18.7 Å². The van der Waals surface area contributed by atoms with E-state index < -0.39 is 47.0 Å². The first-order valence-electron chi connectivity index (χ1n) is 17.6. The van der Waals surface area contributed by atoms with E-state index in [1.54, 1.807) is 6.20 Å². The number of fused-ring (bicyclic) bond motifs is 2. The van der Waals surface area contributed by atoms with Crippen LogP contribution in [0.1, 0.15) is 80.2 Å². The van der Waals surface area contributed by atoms with Crippen LogP contribution in [0, 0.1) is 0 Å². The highest BCUT2D eigenvalue weighted by Crippen LogP contribution is 2.39. The number of carbonyl (C=O) groups excluding carboxylic acids is 2. The Hall–Kier alpha value is -4.91. The van der Waals surface area contributed by atoms with Gasteiger partial charge in [0.25, 0.3) is 5.91 Å². The monoisotopic (exact) mass is 736 g/mol. The summed E-state index contributed by atoms with van der Waals surface area (Å²) in [7, 11) is 1.35. The lowest BCUT2D eigenvalue weighted by atomic mass is 9.87. The van der Waals surface area contributed by atoms with E-state index in [0.717, 1.165) is 41.8 Å². The maximum atomic E-state index is 13.9. The molecule has 4 heterocycles.